The molecule has 0 saturated heterocycles. The highest BCUT2D eigenvalue weighted by Crippen LogP contribution is 2.24. The quantitative estimate of drug-likeness (QED) is 0.821. The number of carbonyl (C=O) groups excluding carboxylic acids is 1. The summed E-state index contributed by atoms with van der Waals surface area (Å²) in [6.45, 7) is 1.38. The lowest BCUT2D eigenvalue weighted by molar-refractivity contribution is -0.147. The lowest BCUT2D eigenvalue weighted by atomic mass is 10.2. The molecule has 0 spiro atoms. The molecule has 1 atom stereocenters. The smallest absolute Gasteiger partial charge is 0.346 e. The van der Waals surface area contributed by atoms with Crippen LogP contribution in [0, 0.1) is 0 Å². The molecule has 1 unspecified atom stereocenters. The molecule has 1 rings (SSSR count). The fourth-order valence-electron chi connectivity index (χ4n) is 1.17. The van der Waals surface area contributed by atoms with E-state index in [1.807, 2.05) is 0 Å². The van der Waals surface area contributed by atoms with Crippen LogP contribution in [-0.2, 0) is 16.1 Å². The predicted molar refractivity (Wildman–Crippen MR) is 59.5 cm³/mol. The molecule has 0 aromatic heterocycles. The van der Waals surface area contributed by atoms with Gasteiger partial charge in [-0.3, -0.25) is 0 Å². The first-order valence-electron chi connectivity index (χ1n) is 4.72. The third kappa shape index (κ3) is 3.12. The van der Waals surface area contributed by atoms with Gasteiger partial charge >= 0.3 is 5.97 Å². The number of rotatable bonds is 4. The van der Waals surface area contributed by atoms with Gasteiger partial charge in [-0.15, -0.1) is 0 Å². The largest absolute Gasteiger partial charge is 0.479 e. The van der Waals surface area contributed by atoms with Crippen molar-refractivity contribution in [3.63, 3.8) is 0 Å². The highest BCUT2D eigenvalue weighted by molar-refractivity contribution is 6.30. The van der Waals surface area contributed by atoms with Crippen molar-refractivity contribution in [1.82, 2.24) is 0 Å². The van der Waals surface area contributed by atoms with Crippen LogP contribution >= 0.6 is 11.6 Å². The number of ether oxygens (including phenoxy) is 2. The highest BCUT2D eigenvalue weighted by atomic mass is 35.5. The number of esters is 1. The number of aliphatic hydroxyl groups excluding tert-OH is 1. The average molecular weight is 245 g/mol. The Balaban J connectivity index is 2.86. The Labute approximate surface area is 98.7 Å². The van der Waals surface area contributed by atoms with Crippen molar-refractivity contribution in [1.29, 1.82) is 0 Å². The average Bonchev–Trinajstić information content (AvgIpc) is 2.28. The molecule has 0 amide bonds. The molecule has 4 nitrogen and oxygen atoms in total. The highest BCUT2D eigenvalue weighted by Gasteiger charge is 2.16. The van der Waals surface area contributed by atoms with Crippen molar-refractivity contribution in [3.8, 4) is 5.75 Å². The second kappa shape index (κ2) is 5.72. The van der Waals surface area contributed by atoms with Gasteiger partial charge in [0.1, 0.15) is 5.75 Å². The van der Waals surface area contributed by atoms with Crippen molar-refractivity contribution in [2.24, 2.45) is 0 Å². The zero-order valence-corrected chi connectivity index (χ0v) is 9.82. The number of methoxy groups -OCH3 is 1. The van der Waals surface area contributed by atoms with Gasteiger partial charge in [0, 0.05) is 10.6 Å². The number of hydrogen-bond acceptors (Lipinski definition) is 4. The van der Waals surface area contributed by atoms with Gasteiger partial charge in [0.05, 0.1) is 13.7 Å². The lowest BCUT2D eigenvalue weighted by Crippen LogP contribution is -2.25. The molecular weight excluding hydrogens is 232 g/mol. The molecule has 5 heteroatoms. The van der Waals surface area contributed by atoms with E-state index in [4.69, 9.17) is 21.4 Å². The minimum atomic E-state index is -0.742. The Morgan fingerprint density at radius 2 is 2.25 bits per heavy atom. The van der Waals surface area contributed by atoms with Gasteiger partial charge in [-0.1, -0.05) is 17.7 Å². The molecule has 1 N–H and O–H groups in total. The molecule has 1 aromatic carbocycles. The molecule has 0 aliphatic heterocycles. The third-order valence-electron chi connectivity index (χ3n) is 2.04. The summed E-state index contributed by atoms with van der Waals surface area (Å²) in [4.78, 5) is 11.2. The normalized spacial score (nSPS) is 12.0. The molecule has 0 fully saturated rings. The molecule has 0 aliphatic carbocycles. The number of hydrogen-bond donors (Lipinski definition) is 1. The Morgan fingerprint density at radius 3 is 2.81 bits per heavy atom. The van der Waals surface area contributed by atoms with Crippen LogP contribution in [0.25, 0.3) is 0 Å². The van der Waals surface area contributed by atoms with Crippen molar-refractivity contribution in [2.75, 3.05) is 7.11 Å². The fraction of sp³-hybridized carbons (Fsp3) is 0.364. The van der Waals surface area contributed by atoms with E-state index in [0.717, 1.165) is 0 Å². The van der Waals surface area contributed by atoms with Crippen molar-refractivity contribution < 1.29 is 19.4 Å². The summed E-state index contributed by atoms with van der Waals surface area (Å²) in [7, 11) is 1.28. The third-order valence-corrected chi connectivity index (χ3v) is 2.27. The van der Waals surface area contributed by atoms with E-state index in [2.05, 4.69) is 4.74 Å². The van der Waals surface area contributed by atoms with Crippen LogP contribution in [0.4, 0.5) is 0 Å². The van der Waals surface area contributed by atoms with E-state index in [1.54, 1.807) is 25.1 Å². The Bertz CT molecular complexity index is 378. The van der Waals surface area contributed by atoms with E-state index in [1.165, 1.54) is 7.11 Å². The van der Waals surface area contributed by atoms with Crippen LogP contribution in [0.15, 0.2) is 18.2 Å². The summed E-state index contributed by atoms with van der Waals surface area (Å²) in [5.41, 5.74) is 0.570. The van der Waals surface area contributed by atoms with Crippen LogP contribution in [0.2, 0.25) is 5.02 Å². The molecule has 0 heterocycles. The summed E-state index contributed by atoms with van der Waals surface area (Å²) in [5.74, 6) is -0.100. The number of carbonyl (C=O) groups is 1. The molecular formula is C11H13ClO4. The van der Waals surface area contributed by atoms with E-state index in [9.17, 15) is 4.79 Å². The summed E-state index contributed by atoms with van der Waals surface area (Å²) >= 11 is 5.79. The monoisotopic (exact) mass is 244 g/mol. The Kier molecular flexibility index (Phi) is 4.58. The molecule has 1 aromatic rings. The SMILES string of the molecule is COC(=O)C(C)Oc1cc(Cl)ccc1CO. The zero-order chi connectivity index (χ0) is 12.1. The maximum atomic E-state index is 11.2. The van der Waals surface area contributed by atoms with Gasteiger partial charge in [-0.2, -0.15) is 0 Å². The van der Waals surface area contributed by atoms with Gasteiger partial charge in [-0.25, -0.2) is 4.79 Å². The van der Waals surface area contributed by atoms with E-state index < -0.39 is 12.1 Å². The summed E-state index contributed by atoms with van der Waals surface area (Å²) in [6, 6.07) is 4.83. The van der Waals surface area contributed by atoms with Gasteiger partial charge in [0.2, 0.25) is 0 Å². The van der Waals surface area contributed by atoms with Crippen LogP contribution in [0.1, 0.15) is 12.5 Å². The second-order valence-corrected chi connectivity index (χ2v) is 3.63. The predicted octanol–water partition coefficient (Wildman–Crippen LogP) is 1.77. The van der Waals surface area contributed by atoms with Gasteiger partial charge in [0.25, 0.3) is 0 Å². The maximum absolute atomic E-state index is 11.2. The minimum absolute atomic E-state index is 0.180. The van der Waals surface area contributed by atoms with E-state index in [0.29, 0.717) is 16.3 Å². The number of aliphatic hydroxyl groups is 1. The first-order chi connectivity index (χ1) is 7.58. The van der Waals surface area contributed by atoms with Crippen LogP contribution in [-0.4, -0.2) is 24.3 Å². The minimum Gasteiger partial charge on any atom is -0.479 e. The zero-order valence-electron chi connectivity index (χ0n) is 9.07. The van der Waals surface area contributed by atoms with Gasteiger partial charge < -0.3 is 14.6 Å². The molecule has 16 heavy (non-hydrogen) atoms. The van der Waals surface area contributed by atoms with E-state index >= 15 is 0 Å². The topological polar surface area (TPSA) is 55.8 Å². The molecule has 0 radical (unpaired) electrons. The maximum Gasteiger partial charge on any atom is 0.346 e. The van der Waals surface area contributed by atoms with Gasteiger partial charge in [-0.05, 0) is 19.1 Å². The summed E-state index contributed by atoms with van der Waals surface area (Å²) in [6.07, 6.45) is -0.742. The van der Waals surface area contributed by atoms with Crippen LogP contribution in [0.5, 0.6) is 5.75 Å². The van der Waals surface area contributed by atoms with E-state index in [-0.39, 0.29) is 6.61 Å². The lowest BCUT2D eigenvalue weighted by Gasteiger charge is -2.15. The molecule has 0 saturated carbocycles. The van der Waals surface area contributed by atoms with Crippen molar-refractivity contribution in [2.45, 2.75) is 19.6 Å². The molecule has 0 bridgehead atoms. The molecule has 0 aliphatic rings. The Morgan fingerprint density at radius 1 is 1.56 bits per heavy atom. The summed E-state index contributed by atoms with van der Waals surface area (Å²) in [5, 5.41) is 9.55. The van der Waals surface area contributed by atoms with Crippen LogP contribution < -0.4 is 4.74 Å². The Hall–Kier alpha value is -1.26. The standard InChI is InChI=1S/C11H13ClO4/c1-7(11(14)15-2)16-10-5-9(12)4-3-8(10)6-13/h3-5,7,13H,6H2,1-2H3. The number of halogens is 1. The van der Waals surface area contributed by atoms with Crippen molar-refractivity contribution >= 4 is 17.6 Å². The number of benzene rings is 1. The molecule has 88 valence electrons. The second-order valence-electron chi connectivity index (χ2n) is 3.19. The fourth-order valence-corrected chi connectivity index (χ4v) is 1.34. The van der Waals surface area contributed by atoms with Crippen LogP contribution in [0.3, 0.4) is 0 Å². The van der Waals surface area contributed by atoms with Crippen molar-refractivity contribution in [3.05, 3.63) is 28.8 Å². The first kappa shape index (κ1) is 12.8. The first-order valence-corrected chi connectivity index (χ1v) is 5.10. The van der Waals surface area contributed by atoms with Gasteiger partial charge in [0.15, 0.2) is 6.10 Å². The summed E-state index contributed by atoms with van der Waals surface area (Å²) < 4.78 is 9.88.